The molecule has 0 aromatic rings. The predicted octanol–water partition coefficient (Wildman–Crippen LogP) is 0.864. The highest BCUT2D eigenvalue weighted by molar-refractivity contribution is 9.12. The lowest BCUT2D eigenvalue weighted by Gasteiger charge is -2.14. The van der Waals surface area contributed by atoms with E-state index in [1.54, 1.807) is 0 Å². The number of hydrogen-bond acceptors (Lipinski definition) is 4. The number of ether oxygens (including phenoxy) is 1. The summed E-state index contributed by atoms with van der Waals surface area (Å²) in [6.45, 7) is 0.314. The number of halogens is 1. The summed E-state index contributed by atoms with van der Waals surface area (Å²) >= 11 is 2.98. The van der Waals surface area contributed by atoms with E-state index in [1.165, 1.54) is 7.11 Å². The second-order valence-electron chi connectivity index (χ2n) is 3.88. The van der Waals surface area contributed by atoms with Crippen LogP contribution in [0.25, 0.3) is 0 Å². The summed E-state index contributed by atoms with van der Waals surface area (Å²) in [5, 5.41) is 0. The van der Waals surface area contributed by atoms with Gasteiger partial charge in [-0.15, -0.1) is 0 Å². The number of nitrogens with zero attached hydrogens (tertiary/aromatic N) is 1. The van der Waals surface area contributed by atoms with Crippen LogP contribution < -0.4 is 0 Å². The van der Waals surface area contributed by atoms with Crippen LogP contribution >= 0.6 is 15.9 Å². The topological polar surface area (TPSA) is 63.7 Å². The molecule has 5 nitrogen and oxygen atoms in total. The van der Waals surface area contributed by atoms with Crippen molar-refractivity contribution in [1.82, 2.24) is 4.90 Å². The molecule has 2 radical (unpaired) electrons. The third-order valence-corrected chi connectivity index (χ3v) is 3.40. The van der Waals surface area contributed by atoms with Gasteiger partial charge in [0, 0.05) is 13.0 Å². The SMILES string of the molecule is [B]C1=C(Br)C(=O)N(CCCCCC(=O)OC)C1=O. The van der Waals surface area contributed by atoms with E-state index in [4.69, 9.17) is 7.85 Å². The van der Waals surface area contributed by atoms with Crippen molar-refractivity contribution in [2.45, 2.75) is 25.7 Å². The fourth-order valence-corrected chi connectivity index (χ4v) is 1.97. The van der Waals surface area contributed by atoms with E-state index in [-0.39, 0.29) is 15.9 Å². The van der Waals surface area contributed by atoms with Crippen LogP contribution in [0.5, 0.6) is 0 Å². The quantitative estimate of drug-likeness (QED) is 0.316. The molecule has 7 heteroatoms. The molecule has 0 spiro atoms. The fourth-order valence-electron chi connectivity index (χ4n) is 1.59. The zero-order valence-electron chi connectivity index (χ0n) is 10.1. The Bertz CT molecular complexity index is 384. The van der Waals surface area contributed by atoms with Crippen molar-refractivity contribution in [3.8, 4) is 0 Å². The first kappa shape index (κ1) is 15.0. The van der Waals surface area contributed by atoms with E-state index in [9.17, 15) is 14.4 Å². The molecule has 0 aromatic heterocycles. The van der Waals surface area contributed by atoms with Gasteiger partial charge in [-0.2, -0.15) is 0 Å². The molecule has 1 aliphatic rings. The van der Waals surface area contributed by atoms with Gasteiger partial charge in [0.2, 0.25) is 5.91 Å². The van der Waals surface area contributed by atoms with Crippen molar-refractivity contribution in [3.63, 3.8) is 0 Å². The Kier molecular flexibility index (Phi) is 5.59. The summed E-state index contributed by atoms with van der Waals surface area (Å²) in [6.07, 6.45) is 2.40. The van der Waals surface area contributed by atoms with Gasteiger partial charge in [0.25, 0.3) is 5.91 Å². The molecule has 1 heterocycles. The third kappa shape index (κ3) is 3.44. The molecule has 18 heavy (non-hydrogen) atoms. The number of imide groups is 1. The Hall–Kier alpha value is -1.11. The van der Waals surface area contributed by atoms with Crippen molar-refractivity contribution in [1.29, 1.82) is 0 Å². The van der Waals surface area contributed by atoms with Gasteiger partial charge in [-0.05, 0) is 34.2 Å². The van der Waals surface area contributed by atoms with Crippen molar-refractivity contribution in [2.24, 2.45) is 0 Å². The highest BCUT2D eigenvalue weighted by Gasteiger charge is 2.33. The van der Waals surface area contributed by atoms with Crippen LogP contribution in [0, 0.1) is 0 Å². The Labute approximate surface area is 115 Å². The van der Waals surface area contributed by atoms with E-state index in [1.807, 2.05) is 0 Å². The molecule has 2 amide bonds. The van der Waals surface area contributed by atoms with Crippen LogP contribution in [-0.4, -0.2) is 44.2 Å². The van der Waals surface area contributed by atoms with Gasteiger partial charge in [-0.3, -0.25) is 19.3 Å². The fraction of sp³-hybridized carbons (Fsp3) is 0.545. The highest BCUT2D eigenvalue weighted by atomic mass is 79.9. The Morgan fingerprint density at radius 3 is 2.44 bits per heavy atom. The molecule has 0 atom stereocenters. The molecule has 0 aromatic carbocycles. The van der Waals surface area contributed by atoms with E-state index in [2.05, 4.69) is 20.7 Å². The van der Waals surface area contributed by atoms with Crippen LogP contribution in [0.15, 0.2) is 9.95 Å². The summed E-state index contributed by atoms with van der Waals surface area (Å²) in [4.78, 5) is 35.1. The van der Waals surface area contributed by atoms with E-state index >= 15 is 0 Å². The predicted molar refractivity (Wildman–Crippen MR) is 68.9 cm³/mol. The van der Waals surface area contributed by atoms with E-state index in [0.717, 1.165) is 11.3 Å². The minimum Gasteiger partial charge on any atom is -0.469 e. The third-order valence-electron chi connectivity index (χ3n) is 2.64. The number of hydrogen-bond donors (Lipinski definition) is 0. The molecule has 1 rings (SSSR count). The molecule has 0 aliphatic carbocycles. The Morgan fingerprint density at radius 2 is 1.94 bits per heavy atom. The molecule has 0 saturated heterocycles. The van der Waals surface area contributed by atoms with Gasteiger partial charge in [-0.1, -0.05) is 6.42 Å². The summed E-state index contributed by atoms with van der Waals surface area (Å²) < 4.78 is 4.63. The van der Waals surface area contributed by atoms with E-state index < -0.39 is 11.8 Å². The summed E-state index contributed by atoms with van der Waals surface area (Å²) in [5.74, 6) is -1.11. The van der Waals surface area contributed by atoms with Crippen LogP contribution in [0.3, 0.4) is 0 Å². The second kappa shape index (κ2) is 6.73. The number of unbranched alkanes of at least 4 members (excludes halogenated alkanes) is 2. The largest absolute Gasteiger partial charge is 0.469 e. The van der Waals surface area contributed by atoms with Crippen LogP contribution in [0.2, 0.25) is 0 Å². The van der Waals surface area contributed by atoms with Crippen molar-refractivity contribution < 1.29 is 19.1 Å². The molecule has 0 saturated carbocycles. The van der Waals surface area contributed by atoms with Gasteiger partial charge in [0.15, 0.2) is 0 Å². The molecule has 0 bridgehead atoms. The van der Waals surface area contributed by atoms with Gasteiger partial charge < -0.3 is 4.74 Å². The normalized spacial score (nSPS) is 15.6. The Morgan fingerprint density at radius 1 is 1.28 bits per heavy atom. The van der Waals surface area contributed by atoms with Crippen molar-refractivity contribution >= 4 is 41.6 Å². The van der Waals surface area contributed by atoms with E-state index in [0.29, 0.717) is 25.8 Å². The summed E-state index contributed by atoms with van der Waals surface area (Å²) in [6, 6.07) is 0. The minimum atomic E-state index is -0.458. The first-order chi connectivity index (χ1) is 8.49. The van der Waals surface area contributed by atoms with Crippen LogP contribution in [0.1, 0.15) is 25.7 Å². The lowest BCUT2D eigenvalue weighted by atomic mass is 9.96. The summed E-state index contributed by atoms with van der Waals surface area (Å²) in [5.41, 5.74) is -0.0467. The second-order valence-corrected chi connectivity index (χ2v) is 4.67. The molecular weight excluding hydrogens is 301 g/mol. The van der Waals surface area contributed by atoms with Gasteiger partial charge in [0.05, 0.1) is 11.6 Å². The highest BCUT2D eigenvalue weighted by Crippen LogP contribution is 2.23. The molecule has 96 valence electrons. The average Bonchev–Trinajstić information content (AvgIpc) is 2.55. The maximum absolute atomic E-state index is 11.6. The van der Waals surface area contributed by atoms with Gasteiger partial charge in [0.1, 0.15) is 7.85 Å². The van der Waals surface area contributed by atoms with Crippen LogP contribution in [0.4, 0.5) is 0 Å². The standard InChI is InChI=1S/C11H13BBrNO4/c1-18-7(15)5-3-2-4-6-14-10(16)8(12)9(13)11(14)17/h2-6H2,1H3. The molecule has 0 unspecified atom stereocenters. The van der Waals surface area contributed by atoms with Crippen molar-refractivity contribution in [2.75, 3.05) is 13.7 Å². The zero-order chi connectivity index (χ0) is 13.7. The Balaban J connectivity index is 2.28. The summed E-state index contributed by atoms with van der Waals surface area (Å²) in [7, 11) is 6.79. The number of amides is 2. The lowest BCUT2D eigenvalue weighted by Crippen LogP contribution is -2.32. The molecule has 0 N–H and O–H groups in total. The number of carbonyl (C=O) groups is 3. The van der Waals surface area contributed by atoms with Crippen molar-refractivity contribution in [3.05, 3.63) is 9.95 Å². The van der Waals surface area contributed by atoms with Gasteiger partial charge in [-0.25, -0.2) is 0 Å². The maximum Gasteiger partial charge on any atom is 0.305 e. The number of rotatable bonds is 6. The maximum atomic E-state index is 11.6. The molecular formula is C11H13BBrNO4. The monoisotopic (exact) mass is 313 g/mol. The lowest BCUT2D eigenvalue weighted by molar-refractivity contribution is -0.141. The zero-order valence-corrected chi connectivity index (χ0v) is 11.7. The average molecular weight is 314 g/mol. The number of carbonyl (C=O) groups excluding carboxylic acids is 3. The minimum absolute atomic E-state index is 0.0467. The number of methoxy groups -OCH3 is 1. The number of esters is 1. The van der Waals surface area contributed by atoms with Crippen LogP contribution in [-0.2, 0) is 19.1 Å². The smallest absolute Gasteiger partial charge is 0.305 e. The first-order valence-corrected chi connectivity index (χ1v) is 6.36. The molecule has 0 fully saturated rings. The first-order valence-electron chi connectivity index (χ1n) is 5.57. The molecule has 1 aliphatic heterocycles. The van der Waals surface area contributed by atoms with Gasteiger partial charge >= 0.3 is 5.97 Å².